The molecule has 0 spiro atoms. The van der Waals surface area contributed by atoms with Crippen molar-refractivity contribution in [3.05, 3.63) is 35.1 Å². The lowest BCUT2D eigenvalue weighted by molar-refractivity contribution is 0.584. The molecule has 0 heterocycles. The predicted octanol–water partition coefficient (Wildman–Crippen LogP) is 5.39. The van der Waals surface area contributed by atoms with Crippen LogP contribution in [0.2, 0.25) is 0 Å². The standard InChI is InChI=1S/C12H14Cl3F/c1-3-9(7-12(13,14)15)10-5-4-6-11(16)8(10)2/h4-6,9H,3,7H2,1-2H3. The molecule has 0 aliphatic rings. The van der Waals surface area contributed by atoms with Crippen LogP contribution in [0.1, 0.15) is 36.8 Å². The molecule has 0 aliphatic heterocycles. The Morgan fingerprint density at radius 2 is 1.94 bits per heavy atom. The smallest absolute Gasteiger partial charge is 0.191 e. The van der Waals surface area contributed by atoms with Gasteiger partial charge in [-0.15, -0.1) is 0 Å². The van der Waals surface area contributed by atoms with Gasteiger partial charge in [-0.25, -0.2) is 4.39 Å². The van der Waals surface area contributed by atoms with E-state index in [0.29, 0.717) is 12.0 Å². The van der Waals surface area contributed by atoms with Crippen LogP contribution in [0.4, 0.5) is 4.39 Å². The molecule has 0 fully saturated rings. The third-order valence-electron chi connectivity index (χ3n) is 2.72. The van der Waals surface area contributed by atoms with E-state index in [9.17, 15) is 4.39 Å². The van der Waals surface area contributed by atoms with Gasteiger partial charge >= 0.3 is 0 Å². The van der Waals surface area contributed by atoms with Crippen molar-refractivity contribution >= 4 is 34.8 Å². The lowest BCUT2D eigenvalue weighted by atomic mass is 9.90. The van der Waals surface area contributed by atoms with E-state index in [2.05, 4.69) is 0 Å². The van der Waals surface area contributed by atoms with Gasteiger partial charge < -0.3 is 0 Å². The Kier molecular flexibility index (Phi) is 4.90. The molecule has 90 valence electrons. The normalized spacial score (nSPS) is 13.9. The summed E-state index contributed by atoms with van der Waals surface area (Å²) in [5, 5.41) is 0. The highest BCUT2D eigenvalue weighted by Crippen LogP contribution is 2.39. The molecule has 0 amide bonds. The predicted molar refractivity (Wildman–Crippen MR) is 69.1 cm³/mol. The minimum Gasteiger partial charge on any atom is -0.207 e. The first-order valence-corrected chi connectivity index (χ1v) is 6.30. The van der Waals surface area contributed by atoms with Gasteiger partial charge in [0.2, 0.25) is 0 Å². The number of rotatable bonds is 3. The molecule has 1 aromatic rings. The molecule has 4 heteroatoms. The summed E-state index contributed by atoms with van der Waals surface area (Å²) in [5.41, 5.74) is 1.57. The Bertz CT molecular complexity index is 358. The van der Waals surface area contributed by atoms with E-state index in [-0.39, 0.29) is 11.7 Å². The van der Waals surface area contributed by atoms with Crippen LogP contribution in [0.5, 0.6) is 0 Å². The molecule has 0 saturated heterocycles. The van der Waals surface area contributed by atoms with Crippen LogP contribution in [-0.2, 0) is 0 Å². The molecule has 0 nitrogen and oxygen atoms in total. The fourth-order valence-electron chi connectivity index (χ4n) is 1.82. The van der Waals surface area contributed by atoms with Gasteiger partial charge in [-0.1, -0.05) is 53.9 Å². The van der Waals surface area contributed by atoms with Crippen LogP contribution >= 0.6 is 34.8 Å². The molecule has 0 aromatic heterocycles. The van der Waals surface area contributed by atoms with Crippen molar-refractivity contribution in [1.29, 1.82) is 0 Å². The molecule has 0 radical (unpaired) electrons. The monoisotopic (exact) mass is 282 g/mol. The zero-order chi connectivity index (χ0) is 12.3. The summed E-state index contributed by atoms with van der Waals surface area (Å²) in [5.74, 6) is -0.136. The number of hydrogen-bond acceptors (Lipinski definition) is 0. The highest BCUT2D eigenvalue weighted by Gasteiger charge is 2.26. The third-order valence-corrected chi connectivity index (χ3v) is 3.18. The zero-order valence-corrected chi connectivity index (χ0v) is 11.5. The maximum absolute atomic E-state index is 13.4. The Labute approximate surface area is 111 Å². The minimum absolute atomic E-state index is 0.0724. The summed E-state index contributed by atoms with van der Waals surface area (Å²) in [6.45, 7) is 3.76. The molecule has 1 aromatic carbocycles. The number of hydrogen-bond donors (Lipinski definition) is 0. The molecule has 1 rings (SSSR count). The van der Waals surface area contributed by atoms with E-state index in [4.69, 9.17) is 34.8 Å². The molecule has 0 saturated carbocycles. The van der Waals surface area contributed by atoms with Gasteiger partial charge in [0.15, 0.2) is 3.79 Å². The summed E-state index contributed by atoms with van der Waals surface area (Å²) in [4.78, 5) is 0. The molecule has 16 heavy (non-hydrogen) atoms. The Hall–Kier alpha value is 0.0200. The Morgan fingerprint density at radius 1 is 1.31 bits per heavy atom. The maximum Gasteiger partial charge on any atom is 0.191 e. The topological polar surface area (TPSA) is 0 Å². The summed E-state index contributed by atoms with van der Waals surface area (Å²) < 4.78 is 12.1. The molecular formula is C12H14Cl3F. The molecule has 0 aliphatic carbocycles. The third kappa shape index (κ3) is 3.80. The fraction of sp³-hybridized carbons (Fsp3) is 0.500. The van der Waals surface area contributed by atoms with E-state index >= 15 is 0 Å². The quantitative estimate of drug-likeness (QED) is 0.653. The van der Waals surface area contributed by atoms with Gasteiger partial charge in [0.1, 0.15) is 5.82 Å². The minimum atomic E-state index is -1.29. The summed E-state index contributed by atoms with van der Waals surface area (Å²) >= 11 is 17.4. The van der Waals surface area contributed by atoms with Crippen LogP contribution in [-0.4, -0.2) is 3.79 Å². The first kappa shape index (κ1) is 14.1. The highest BCUT2D eigenvalue weighted by molar-refractivity contribution is 6.67. The maximum atomic E-state index is 13.4. The molecule has 1 unspecified atom stereocenters. The second-order valence-corrected chi connectivity index (χ2v) is 6.39. The van der Waals surface area contributed by atoms with E-state index < -0.39 is 3.79 Å². The van der Waals surface area contributed by atoms with Crippen molar-refractivity contribution in [2.45, 2.75) is 36.4 Å². The van der Waals surface area contributed by atoms with E-state index in [1.807, 2.05) is 13.0 Å². The van der Waals surface area contributed by atoms with Crippen LogP contribution in [0.25, 0.3) is 0 Å². The average molecular weight is 284 g/mol. The summed E-state index contributed by atoms with van der Waals surface area (Å²) in [6.07, 6.45) is 1.22. The van der Waals surface area contributed by atoms with Crippen LogP contribution in [0.3, 0.4) is 0 Å². The SMILES string of the molecule is CCC(CC(Cl)(Cl)Cl)c1cccc(F)c1C. The van der Waals surface area contributed by atoms with Crippen molar-refractivity contribution in [1.82, 2.24) is 0 Å². The van der Waals surface area contributed by atoms with Gasteiger partial charge in [-0.05, 0) is 36.5 Å². The summed E-state index contributed by atoms with van der Waals surface area (Å²) in [6, 6.07) is 5.03. The number of halogens is 4. The van der Waals surface area contributed by atoms with Crippen molar-refractivity contribution in [2.75, 3.05) is 0 Å². The Morgan fingerprint density at radius 3 is 2.44 bits per heavy atom. The first-order valence-electron chi connectivity index (χ1n) is 5.17. The lowest BCUT2D eigenvalue weighted by Gasteiger charge is -2.22. The zero-order valence-electron chi connectivity index (χ0n) is 9.24. The van der Waals surface area contributed by atoms with Crippen molar-refractivity contribution in [3.63, 3.8) is 0 Å². The fourth-order valence-corrected chi connectivity index (χ4v) is 2.38. The van der Waals surface area contributed by atoms with Crippen molar-refractivity contribution in [2.24, 2.45) is 0 Å². The average Bonchev–Trinajstić information content (AvgIpc) is 2.18. The molecule has 0 bridgehead atoms. The second kappa shape index (κ2) is 5.57. The Balaban J connectivity index is 3.00. The van der Waals surface area contributed by atoms with Gasteiger partial charge in [0.25, 0.3) is 0 Å². The van der Waals surface area contributed by atoms with Crippen molar-refractivity contribution < 1.29 is 4.39 Å². The van der Waals surface area contributed by atoms with Crippen LogP contribution < -0.4 is 0 Å². The number of alkyl halides is 3. The number of benzene rings is 1. The van der Waals surface area contributed by atoms with Crippen molar-refractivity contribution in [3.8, 4) is 0 Å². The largest absolute Gasteiger partial charge is 0.207 e. The van der Waals surface area contributed by atoms with Crippen LogP contribution in [0.15, 0.2) is 18.2 Å². The molecule has 1 atom stereocenters. The van der Waals surface area contributed by atoms with Gasteiger partial charge in [0.05, 0.1) is 0 Å². The first-order chi connectivity index (χ1) is 7.35. The molecular weight excluding hydrogens is 269 g/mol. The second-order valence-electron chi connectivity index (χ2n) is 3.88. The van der Waals surface area contributed by atoms with E-state index in [1.54, 1.807) is 13.0 Å². The van der Waals surface area contributed by atoms with Gasteiger partial charge in [0, 0.05) is 6.42 Å². The van der Waals surface area contributed by atoms with E-state index in [1.165, 1.54) is 6.07 Å². The van der Waals surface area contributed by atoms with Gasteiger partial charge in [-0.3, -0.25) is 0 Å². The highest BCUT2D eigenvalue weighted by atomic mass is 35.6. The van der Waals surface area contributed by atoms with Gasteiger partial charge in [-0.2, -0.15) is 0 Å². The summed E-state index contributed by atoms with van der Waals surface area (Å²) in [7, 11) is 0. The van der Waals surface area contributed by atoms with E-state index in [0.717, 1.165) is 12.0 Å². The van der Waals surface area contributed by atoms with Crippen LogP contribution in [0, 0.1) is 12.7 Å². The lowest BCUT2D eigenvalue weighted by Crippen LogP contribution is -2.11. The molecule has 0 N–H and O–H groups in total.